The summed E-state index contributed by atoms with van der Waals surface area (Å²) in [6.45, 7) is 14.4. The van der Waals surface area contributed by atoms with Crippen LogP contribution in [0.4, 0.5) is 0 Å². The number of unbranched alkanes of at least 4 members (excludes halogenated alkanes) is 1. The van der Waals surface area contributed by atoms with Crippen molar-refractivity contribution in [3.05, 3.63) is 88.0 Å². The van der Waals surface area contributed by atoms with Crippen molar-refractivity contribution in [3.63, 3.8) is 0 Å². The van der Waals surface area contributed by atoms with Crippen molar-refractivity contribution >= 4 is 25.7 Å². The first-order valence-electron chi connectivity index (χ1n) is 12.1. The monoisotopic (exact) mass is 496 g/mol. The van der Waals surface area contributed by atoms with E-state index in [0.29, 0.717) is 29.4 Å². The number of carbonyl (C=O) groups excluding carboxylic acids is 1. The SMILES string of the molecule is CCCCc1nc(CO[Si](C)(C)C(C)(C)C)c(Cl)n1Cc1ccc(C(=O)c2ccccc2)cc1. The summed E-state index contributed by atoms with van der Waals surface area (Å²) in [5, 5.41) is 0.778. The Morgan fingerprint density at radius 2 is 1.65 bits per heavy atom. The fourth-order valence-electron chi connectivity index (χ4n) is 3.48. The number of aromatic nitrogens is 2. The molecule has 6 heteroatoms. The first-order chi connectivity index (χ1) is 16.0. The van der Waals surface area contributed by atoms with Gasteiger partial charge in [-0.3, -0.25) is 4.79 Å². The minimum atomic E-state index is -1.90. The highest BCUT2D eigenvalue weighted by atomic mass is 35.5. The maximum atomic E-state index is 12.7. The Kier molecular flexibility index (Phi) is 8.55. The molecule has 0 bridgehead atoms. The van der Waals surface area contributed by atoms with Crippen molar-refractivity contribution < 1.29 is 9.22 Å². The number of carbonyl (C=O) groups is 1. The van der Waals surface area contributed by atoms with Crippen molar-refractivity contribution in [1.29, 1.82) is 0 Å². The highest BCUT2D eigenvalue weighted by molar-refractivity contribution is 6.74. The van der Waals surface area contributed by atoms with Crippen molar-refractivity contribution in [2.75, 3.05) is 0 Å². The number of benzene rings is 2. The van der Waals surface area contributed by atoms with Crippen molar-refractivity contribution in [1.82, 2.24) is 9.55 Å². The number of nitrogens with zero attached hydrogens (tertiary/aromatic N) is 2. The van der Waals surface area contributed by atoms with E-state index >= 15 is 0 Å². The Bertz CT molecular complexity index is 1100. The van der Waals surface area contributed by atoms with Crippen LogP contribution >= 0.6 is 11.6 Å². The summed E-state index contributed by atoms with van der Waals surface area (Å²) < 4.78 is 8.50. The molecule has 0 unspecified atom stereocenters. The number of rotatable bonds is 10. The Labute approximate surface area is 210 Å². The second kappa shape index (κ2) is 11.0. The van der Waals surface area contributed by atoms with Crippen molar-refractivity contribution in [2.45, 2.75) is 78.2 Å². The maximum absolute atomic E-state index is 12.7. The van der Waals surface area contributed by atoms with Gasteiger partial charge in [0, 0.05) is 17.5 Å². The largest absolute Gasteiger partial charge is 0.411 e. The summed E-state index contributed by atoms with van der Waals surface area (Å²) in [6.07, 6.45) is 3.03. The molecule has 0 aliphatic carbocycles. The average molecular weight is 497 g/mol. The lowest BCUT2D eigenvalue weighted by Crippen LogP contribution is -2.40. The van der Waals surface area contributed by atoms with Crippen LogP contribution in [0.25, 0.3) is 0 Å². The fourth-order valence-corrected chi connectivity index (χ4v) is 4.66. The standard InChI is InChI=1S/C28H37ClN2O2Si/c1-7-8-14-25-30-24(20-33-34(5,6)28(2,3)4)27(29)31(25)19-21-15-17-23(18-16-21)26(32)22-12-10-9-11-13-22/h9-13,15-18H,7-8,14,19-20H2,1-6H3. The van der Waals surface area contributed by atoms with Gasteiger partial charge >= 0.3 is 0 Å². The molecule has 182 valence electrons. The van der Waals surface area contributed by atoms with Crippen LogP contribution in [0.5, 0.6) is 0 Å². The summed E-state index contributed by atoms with van der Waals surface area (Å²) in [7, 11) is -1.90. The lowest BCUT2D eigenvalue weighted by atomic mass is 10.0. The lowest BCUT2D eigenvalue weighted by molar-refractivity contribution is 0.103. The molecule has 3 rings (SSSR count). The molecule has 34 heavy (non-hydrogen) atoms. The third-order valence-corrected chi connectivity index (χ3v) is 11.7. The van der Waals surface area contributed by atoms with Gasteiger partial charge in [0.05, 0.1) is 13.2 Å². The van der Waals surface area contributed by atoms with Crippen molar-refractivity contribution in [3.8, 4) is 0 Å². The lowest BCUT2D eigenvalue weighted by Gasteiger charge is -2.35. The zero-order valence-electron chi connectivity index (χ0n) is 21.3. The van der Waals surface area contributed by atoms with E-state index in [4.69, 9.17) is 21.0 Å². The summed E-state index contributed by atoms with van der Waals surface area (Å²) in [6, 6.07) is 17.1. The van der Waals surface area contributed by atoms with Gasteiger partial charge in [-0.15, -0.1) is 0 Å². The molecule has 0 saturated carbocycles. The summed E-state index contributed by atoms with van der Waals surface area (Å²) in [5.41, 5.74) is 3.27. The van der Waals surface area contributed by atoms with E-state index in [1.165, 1.54) is 0 Å². The molecular formula is C28H37ClN2O2Si. The molecule has 0 atom stereocenters. The van der Waals surface area contributed by atoms with Gasteiger partial charge in [0.15, 0.2) is 14.1 Å². The maximum Gasteiger partial charge on any atom is 0.193 e. The predicted molar refractivity (Wildman–Crippen MR) is 143 cm³/mol. The molecule has 0 spiro atoms. The highest BCUT2D eigenvalue weighted by Crippen LogP contribution is 2.37. The Balaban J connectivity index is 1.80. The number of hydrogen-bond acceptors (Lipinski definition) is 3. The number of hydrogen-bond donors (Lipinski definition) is 0. The van der Waals surface area contributed by atoms with Crippen LogP contribution in [0, 0.1) is 0 Å². The summed E-state index contributed by atoms with van der Waals surface area (Å²) >= 11 is 6.84. The van der Waals surface area contributed by atoms with Crippen LogP contribution in [0.1, 0.15) is 73.5 Å². The molecule has 0 saturated heterocycles. The van der Waals surface area contributed by atoms with Crippen LogP contribution in [-0.4, -0.2) is 23.7 Å². The zero-order valence-corrected chi connectivity index (χ0v) is 23.1. The fraction of sp³-hybridized carbons (Fsp3) is 0.429. The average Bonchev–Trinajstić information content (AvgIpc) is 3.10. The molecule has 0 radical (unpaired) electrons. The minimum Gasteiger partial charge on any atom is -0.411 e. The van der Waals surface area contributed by atoms with E-state index in [-0.39, 0.29) is 10.8 Å². The Morgan fingerprint density at radius 1 is 1.03 bits per heavy atom. The van der Waals surface area contributed by atoms with Gasteiger partial charge in [0.2, 0.25) is 0 Å². The molecule has 1 heterocycles. The van der Waals surface area contributed by atoms with Gasteiger partial charge < -0.3 is 8.99 Å². The molecule has 0 aliphatic heterocycles. The second-order valence-corrected chi connectivity index (χ2v) is 15.6. The van der Waals surface area contributed by atoms with E-state index in [9.17, 15) is 4.79 Å². The molecule has 3 aromatic rings. The van der Waals surface area contributed by atoms with Gasteiger partial charge in [-0.1, -0.05) is 100 Å². The van der Waals surface area contributed by atoms with Gasteiger partial charge in [-0.05, 0) is 30.1 Å². The molecule has 0 fully saturated rings. The third-order valence-electron chi connectivity index (χ3n) is 6.77. The first-order valence-corrected chi connectivity index (χ1v) is 15.4. The van der Waals surface area contributed by atoms with Gasteiger partial charge in [0.25, 0.3) is 0 Å². The summed E-state index contributed by atoms with van der Waals surface area (Å²) in [5.74, 6) is 1.02. The number of imidazole rings is 1. The summed E-state index contributed by atoms with van der Waals surface area (Å²) in [4.78, 5) is 17.6. The third kappa shape index (κ3) is 6.26. The van der Waals surface area contributed by atoms with Gasteiger partial charge in [-0.25, -0.2) is 4.98 Å². The van der Waals surface area contributed by atoms with E-state index < -0.39 is 8.32 Å². The molecule has 2 aromatic carbocycles. The Hall–Kier alpha value is -2.21. The molecule has 0 aliphatic rings. The normalized spacial score (nSPS) is 12.2. The topological polar surface area (TPSA) is 44.1 Å². The number of halogens is 1. The minimum absolute atomic E-state index is 0.0292. The quantitative estimate of drug-likeness (QED) is 0.213. The van der Waals surface area contributed by atoms with E-state index in [2.05, 4.69) is 45.4 Å². The van der Waals surface area contributed by atoms with Crippen LogP contribution in [-0.2, 0) is 24.0 Å². The van der Waals surface area contributed by atoms with E-state index in [1.54, 1.807) is 0 Å². The molecule has 0 amide bonds. The molecule has 0 N–H and O–H groups in total. The predicted octanol–water partition coefficient (Wildman–Crippen LogP) is 7.68. The van der Waals surface area contributed by atoms with E-state index in [0.717, 1.165) is 36.3 Å². The molecular weight excluding hydrogens is 460 g/mol. The van der Waals surface area contributed by atoms with Crippen LogP contribution in [0.2, 0.25) is 23.3 Å². The zero-order chi connectivity index (χ0) is 24.9. The van der Waals surface area contributed by atoms with Crippen molar-refractivity contribution in [2.24, 2.45) is 0 Å². The van der Waals surface area contributed by atoms with Gasteiger partial charge in [0.1, 0.15) is 16.7 Å². The number of ketones is 1. The van der Waals surface area contributed by atoms with Gasteiger partial charge in [-0.2, -0.15) is 0 Å². The second-order valence-electron chi connectivity index (χ2n) is 10.4. The number of aryl methyl sites for hydroxylation is 1. The van der Waals surface area contributed by atoms with Crippen LogP contribution in [0.3, 0.4) is 0 Å². The smallest absolute Gasteiger partial charge is 0.193 e. The van der Waals surface area contributed by atoms with Crippen LogP contribution in [0.15, 0.2) is 54.6 Å². The van der Waals surface area contributed by atoms with E-state index in [1.807, 2.05) is 54.6 Å². The molecule has 4 nitrogen and oxygen atoms in total. The van der Waals surface area contributed by atoms with Crippen LogP contribution < -0.4 is 0 Å². The Morgan fingerprint density at radius 3 is 2.24 bits per heavy atom. The first kappa shape index (κ1) is 26.4. The highest BCUT2D eigenvalue weighted by Gasteiger charge is 2.37. The molecule has 1 aromatic heterocycles.